The Bertz CT molecular complexity index is 628. The highest BCUT2D eigenvalue weighted by Crippen LogP contribution is 2.62. The van der Waals surface area contributed by atoms with Gasteiger partial charge in [-0.05, 0) is 91.4 Å². The van der Waals surface area contributed by atoms with Gasteiger partial charge in [-0.1, -0.05) is 19.1 Å². The van der Waals surface area contributed by atoms with Crippen LogP contribution in [0.25, 0.3) is 0 Å². The Morgan fingerprint density at radius 3 is 2.91 bits per heavy atom. The minimum Gasteiger partial charge on any atom is -0.295 e. The molecule has 0 spiro atoms. The predicted molar refractivity (Wildman–Crippen MR) is 89.3 cm³/mol. The van der Waals surface area contributed by atoms with Crippen molar-refractivity contribution in [2.24, 2.45) is 23.2 Å². The Morgan fingerprint density at radius 1 is 1.23 bits per heavy atom. The summed E-state index contributed by atoms with van der Waals surface area (Å²) in [7, 11) is 0. The maximum atomic E-state index is 11.7. The third-order valence-electron chi connectivity index (χ3n) is 7.12. The van der Waals surface area contributed by atoms with Gasteiger partial charge in [0, 0.05) is 6.42 Å². The van der Waals surface area contributed by atoms with Crippen molar-refractivity contribution in [3.63, 3.8) is 0 Å². The van der Waals surface area contributed by atoms with Crippen LogP contribution in [0.1, 0.15) is 58.3 Å². The zero-order valence-corrected chi connectivity index (χ0v) is 13.7. The highest BCUT2D eigenvalue weighted by atomic mass is 16.1. The van der Waals surface area contributed by atoms with Crippen molar-refractivity contribution in [3.05, 3.63) is 41.2 Å². The number of ketones is 1. The average molecular weight is 294 g/mol. The summed E-state index contributed by atoms with van der Waals surface area (Å²) in [4.78, 5) is 11.7. The Hall–Kier alpha value is -1.33. The van der Waals surface area contributed by atoms with Gasteiger partial charge in [-0.2, -0.15) is 0 Å². The maximum Gasteiger partial charge on any atom is 0.156 e. The van der Waals surface area contributed by atoms with E-state index in [2.05, 4.69) is 25.3 Å². The molecule has 1 heteroatoms. The molecule has 2 fully saturated rings. The van der Waals surface area contributed by atoms with Gasteiger partial charge in [0.1, 0.15) is 0 Å². The van der Waals surface area contributed by atoms with Crippen LogP contribution >= 0.6 is 0 Å². The lowest BCUT2D eigenvalue weighted by molar-refractivity contribution is -0.114. The van der Waals surface area contributed by atoms with E-state index in [4.69, 9.17) is 0 Å². The minimum atomic E-state index is 0.343. The van der Waals surface area contributed by atoms with Gasteiger partial charge >= 0.3 is 0 Å². The number of rotatable bonds is 1. The molecule has 0 bridgehead atoms. The van der Waals surface area contributed by atoms with Crippen LogP contribution in [0.3, 0.4) is 0 Å². The van der Waals surface area contributed by atoms with Crippen LogP contribution in [-0.2, 0) is 4.79 Å². The molecule has 0 saturated heterocycles. The van der Waals surface area contributed by atoms with Crippen LogP contribution in [0.5, 0.6) is 0 Å². The first-order valence-corrected chi connectivity index (χ1v) is 8.95. The second kappa shape index (κ2) is 5.10. The summed E-state index contributed by atoms with van der Waals surface area (Å²) < 4.78 is 0. The molecular formula is C21H26O. The van der Waals surface area contributed by atoms with E-state index in [1.807, 2.05) is 6.08 Å². The zero-order valence-electron chi connectivity index (χ0n) is 13.7. The van der Waals surface area contributed by atoms with Gasteiger partial charge in [-0.15, -0.1) is 5.73 Å². The first-order valence-electron chi connectivity index (χ1n) is 8.95. The number of carbonyl (C=O) groups excluding carboxylic acids is 1. The van der Waals surface area contributed by atoms with Gasteiger partial charge in [0.05, 0.1) is 0 Å². The zero-order chi connectivity index (χ0) is 15.3. The van der Waals surface area contributed by atoms with Crippen molar-refractivity contribution < 1.29 is 4.79 Å². The van der Waals surface area contributed by atoms with Crippen molar-refractivity contribution in [2.45, 2.75) is 58.3 Å². The molecule has 0 aliphatic heterocycles. The topological polar surface area (TPSA) is 17.1 Å². The normalized spacial score (nSPS) is 40.3. The van der Waals surface area contributed by atoms with E-state index in [0.717, 1.165) is 31.1 Å². The van der Waals surface area contributed by atoms with Gasteiger partial charge in [0.2, 0.25) is 0 Å². The fourth-order valence-electron chi connectivity index (χ4n) is 5.99. The summed E-state index contributed by atoms with van der Waals surface area (Å²) in [5.74, 6) is 2.63. The molecule has 4 atom stereocenters. The van der Waals surface area contributed by atoms with E-state index in [-0.39, 0.29) is 0 Å². The molecule has 2 saturated carbocycles. The third-order valence-corrected chi connectivity index (χ3v) is 7.12. The summed E-state index contributed by atoms with van der Waals surface area (Å²) >= 11 is 0. The van der Waals surface area contributed by atoms with E-state index in [1.165, 1.54) is 37.7 Å². The van der Waals surface area contributed by atoms with Crippen molar-refractivity contribution in [1.82, 2.24) is 0 Å². The molecule has 0 N–H and O–H groups in total. The van der Waals surface area contributed by atoms with Gasteiger partial charge in [0.15, 0.2) is 5.78 Å². The van der Waals surface area contributed by atoms with Crippen LogP contribution in [0.4, 0.5) is 0 Å². The highest BCUT2D eigenvalue weighted by molar-refractivity contribution is 5.93. The molecule has 22 heavy (non-hydrogen) atoms. The second-order valence-corrected chi connectivity index (χ2v) is 7.95. The molecule has 1 nitrogen and oxygen atoms in total. The van der Waals surface area contributed by atoms with Crippen LogP contribution < -0.4 is 0 Å². The fourth-order valence-corrected chi connectivity index (χ4v) is 5.99. The van der Waals surface area contributed by atoms with Crippen LogP contribution in [0.15, 0.2) is 41.2 Å². The number of hydrogen-bond acceptors (Lipinski definition) is 1. The first kappa shape index (κ1) is 14.3. The molecule has 0 unspecified atom stereocenters. The van der Waals surface area contributed by atoms with E-state index in [0.29, 0.717) is 17.1 Å². The van der Waals surface area contributed by atoms with Gasteiger partial charge in [0.25, 0.3) is 0 Å². The Labute approximate surface area is 133 Å². The molecule has 4 aliphatic carbocycles. The van der Waals surface area contributed by atoms with Crippen LogP contribution in [-0.4, -0.2) is 5.78 Å². The summed E-state index contributed by atoms with van der Waals surface area (Å²) in [5.41, 5.74) is 8.20. The van der Waals surface area contributed by atoms with E-state index in [9.17, 15) is 4.79 Å². The van der Waals surface area contributed by atoms with Crippen LogP contribution in [0.2, 0.25) is 0 Å². The standard InChI is InChI=1S/C21H26O/c1-3-4-15-6-10-20-19-8-5-14-13-16(22)7-9-17(14)18(19)11-12-21(15,20)2/h4,13,15,19-20H,1,5-12H2,2H3/t15-,19-,20+,21-/m1/s1. The molecule has 116 valence electrons. The Balaban J connectivity index is 1.71. The lowest BCUT2D eigenvalue weighted by Crippen LogP contribution is -2.39. The first-order chi connectivity index (χ1) is 10.6. The predicted octanol–water partition coefficient (Wildman–Crippen LogP) is 5.15. The number of carbonyl (C=O) groups is 1. The molecule has 0 aromatic heterocycles. The SMILES string of the molecule is C=C=C[C@@H]1CC[C@H]2[C@@H]3CCC4=CC(=O)CCC4=C3CC[C@]12C. The third kappa shape index (κ3) is 1.95. The largest absolute Gasteiger partial charge is 0.295 e. The van der Waals surface area contributed by atoms with Crippen molar-refractivity contribution in [3.8, 4) is 0 Å². The van der Waals surface area contributed by atoms with Crippen molar-refractivity contribution in [2.75, 3.05) is 0 Å². The van der Waals surface area contributed by atoms with Gasteiger partial charge < -0.3 is 0 Å². The van der Waals surface area contributed by atoms with Crippen molar-refractivity contribution in [1.29, 1.82) is 0 Å². The molecule has 0 radical (unpaired) electrons. The molecule has 4 aliphatic rings. The average Bonchev–Trinajstić information content (AvgIpc) is 2.84. The van der Waals surface area contributed by atoms with E-state index >= 15 is 0 Å². The van der Waals surface area contributed by atoms with Crippen LogP contribution in [0, 0.1) is 23.2 Å². The van der Waals surface area contributed by atoms with Gasteiger partial charge in [-0.25, -0.2) is 0 Å². The summed E-state index contributed by atoms with van der Waals surface area (Å²) in [6.07, 6.45) is 13.6. The Kier molecular flexibility index (Phi) is 3.31. The summed E-state index contributed by atoms with van der Waals surface area (Å²) in [6.45, 7) is 6.32. The number of fused-ring (bicyclic) bond motifs is 4. The summed E-state index contributed by atoms with van der Waals surface area (Å²) in [6, 6.07) is 0. The monoisotopic (exact) mass is 294 g/mol. The van der Waals surface area contributed by atoms with E-state index in [1.54, 1.807) is 11.1 Å². The Morgan fingerprint density at radius 2 is 2.09 bits per heavy atom. The maximum absolute atomic E-state index is 11.7. The summed E-state index contributed by atoms with van der Waals surface area (Å²) in [5, 5.41) is 0. The van der Waals surface area contributed by atoms with Gasteiger partial charge in [-0.3, -0.25) is 4.79 Å². The van der Waals surface area contributed by atoms with Crippen molar-refractivity contribution >= 4 is 5.78 Å². The highest BCUT2D eigenvalue weighted by Gasteiger charge is 2.52. The number of allylic oxidation sites excluding steroid dienone is 5. The molecular weight excluding hydrogens is 268 g/mol. The minimum absolute atomic E-state index is 0.343. The number of hydrogen-bond donors (Lipinski definition) is 0. The molecule has 0 aromatic rings. The second-order valence-electron chi connectivity index (χ2n) is 7.95. The lowest BCUT2D eigenvalue weighted by Gasteiger charge is -2.48. The molecule has 0 aromatic carbocycles. The molecule has 0 heterocycles. The smallest absolute Gasteiger partial charge is 0.156 e. The quantitative estimate of drug-likeness (QED) is 0.611. The molecule has 4 rings (SSSR count). The lowest BCUT2D eigenvalue weighted by atomic mass is 9.56. The molecule has 0 amide bonds. The fraction of sp³-hybridized carbons (Fsp3) is 0.619. The van der Waals surface area contributed by atoms with E-state index < -0.39 is 0 Å².